The van der Waals surface area contributed by atoms with E-state index in [9.17, 15) is 15.8 Å². The van der Waals surface area contributed by atoms with Gasteiger partial charge in [0.05, 0.1) is 29.8 Å². The summed E-state index contributed by atoms with van der Waals surface area (Å²) < 4.78 is 0. The van der Waals surface area contributed by atoms with Crippen LogP contribution in [0.1, 0.15) is 18.4 Å². The number of hydrogen-bond acceptors (Lipinski definition) is 6. The molecule has 2 aliphatic rings. The molecule has 124 valence electrons. The molecule has 0 bridgehead atoms. The lowest BCUT2D eigenvalue weighted by atomic mass is 9.55. The first kappa shape index (κ1) is 16.8. The summed E-state index contributed by atoms with van der Waals surface area (Å²) in [4.78, 5) is 6.27. The van der Waals surface area contributed by atoms with Gasteiger partial charge in [-0.1, -0.05) is 13.0 Å². The molecule has 1 aliphatic carbocycles. The van der Waals surface area contributed by atoms with Gasteiger partial charge in [0.2, 0.25) is 5.41 Å². The second-order valence-electron chi connectivity index (χ2n) is 6.42. The summed E-state index contributed by atoms with van der Waals surface area (Å²) in [6, 6.07) is 10.0. The molecule has 25 heavy (non-hydrogen) atoms. The third-order valence-corrected chi connectivity index (χ3v) is 5.38. The SMILES string of the molecule is CCN1CC=C2C(C1)C(c1ccncc1)C(C#N)C(=N)C2(C#N)C#N. The van der Waals surface area contributed by atoms with Crippen LogP contribution in [0.5, 0.6) is 0 Å². The fourth-order valence-electron chi connectivity index (χ4n) is 4.06. The molecule has 3 atom stereocenters. The molecule has 6 heteroatoms. The summed E-state index contributed by atoms with van der Waals surface area (Å²) in [5, 5.41) is 37.8. The van der Waals surface area contributed by atoms with Crippen molar-refractivity contribution in [2.24, 2.45) is 17.3 Å². The normalized spacial score (nSPS) is 28.0. The molecular weight excluding hydrogens is 312 g/mol. The molecule has 2 heterocycles. The number of nitrogens with zero attached hydrogens (tertiary/aromatic N) is 5. The Morgan fingerprint density at radius 1 is 1.28 bits per heavy atom. The van der Waals surface area contributed by atoms with Crippen molar-refractivity contribution < 1.29 is 0 Å². The van der Waals surface area contributed by atoms with Crippen molar-refractivity contribution >= 4 is 5.71 Å². The quantitative estimate of drug-likeness (QED) is 0.836. The number of likely N-dealkylation sites (N-methyl/N-ethyl adjacent to an activating group) is 1. The van der Waals surface area contributed by atoms with Crippen molar-refractivity contribution in [3.8, 4) is 18.2 Å². The lowest BCUT2D eigenvalue weighted by Crippen LogP contribution is -2.52. The van der Waals surface area contributed by atoms with E-state index in [-0.39, 0.29) is 17.5 Å². The van der Waals surface area contributed by atoms with Crippen molar-refractivity contribution in [2.45, 2.75) is 12.8 Å². The highest BCUT2D eigenvalue weighted by molar-refractivity contribution is 6.01. The molecule has 1 aromatic heterocycles. The minimum absolute atomic E-state index is 0.103. The number of fused-ring (bicyclic) bond motifs is 1. The average Bonchev–Trinajstić information content (AvgIpc) is 2.68. The zero-order chi connectivity index (χ0) is 18.0. The van der Waals surface area contributed by atoms with Crippen molar-refractivity contribution in [1.82, 2.24) is 9.88 Å². The highest BCUT2D eigenvalue weighted by Gasteiger charge is 2.56. The number of nitrogens with one attached hydrogen (secondary N) is 1. The Labute approximate surface area is 147 Å². The molecule has 3 unspecified atom stereocenters. The molecule has 1 saturated carbocycles. The zero-order valence-corrected chi connectivity index (χ0v) is 14.0. The molecule has 0 amide bonds. The van der Waals surface area contributed by atoms with Gasteiger partial charge in [0.15, 0.2) is 0 Å². The van der Waals surface area contributed by atoms with Crippen molar-refractivity contribution in [3.63, 3.8) is 0 Å². The van der Waals surface area contributed by atoms with Crippen LogP contribution >= 0.6 is 0 Å². The average molecular weight is 330 g/mol. The number of hydrogen-bond donors (Lipinski definition) is 1. The molecule has 0 spiro atoms. The van der Waals surface area contributed by atoms with Crippen LogP contribution in [-0.2, 0) is 0 Å². The monoisotopic (exact) mass is 330 g/mol. The minimum Gasteiger partial charge on any atom is -0.305 e. The van der Waals surface area contributed by atoms with Crippen LogP contribution in [-0.4, -0.2) is 35.2 Å². The van der Waals surface area contributed by atoms with Gasteiger partial charge in [0.1, 0.15) is 0 Å². The van der Waals surface area contributed by atoms with Crippen molar-refractivity contribution in [3.05, 3.63) is 41.7 Å². The van der Waals surface area contributed by atoms with Crippen LogP contribution in [0.25, 0.3) is 0 Å². The van der Waals surface area contributed by atoms with Gasteiger partial charge in [-0.05, 0) is 29.8 Å². The van der Waals surface area contributed by atoms with E-state index in [4.69, 9.17) is 5.41 Å². The number of nitriles is 3. The molecule has 0 aromatic carbocycles. The first-order chi connectivity index (χ1) is 12.1. The van der Waals surface area contributed by atoms with E-state index >= 15 is 0 Å². The summed E-state index contributed by atoms with van der Waals surface area (Å²) in [6.45, 7) is 4.24. The highest BCUT2D eigenvalue weighted by atomic mass is 15.1. The summed E-state index contributed by atoms with van der Waals surface area (Å²) in [5.74, 6) is -1.20. The second kappa shape index (κ2) is 6.48. The fraction of sp³-hybridized carbons (Fsp3) is 0.421. The fourth-order valence-corrected chi connectivity index (χ4v) is 4.06. The Bertz CT molecular complexity index is 821. The number of rotatable bonds is 2. The lowest BCUT2D eigenvalue weighted by Gasteiger charge is -2.47. The first-order valence-corrected chi connectivity index (χ1v) is 8.26. The van der Waals surface area contributed by atoms with Gasteiger partial charge in [-0.15, -0.1) is 0 Å². The molecule has 1 N–H and O–H groups in total. The summed E-state index contributed by atoms with van der Waals surface area (Å²) in [5.41, 5.74) is -0.131. The van der Waals surface area contributed by atoms with Gasteiger partial charge < -0.3 is 5.41 Å². The van der Waals surface area contributed by atoms with Crippen molar-refractivity contribution in [2.75, 3.05) is 19.6 Å². The van der Waals surface area contributed by atoms with E-state index in [1.807, 2.05) is 30.3 Å². The predicted molar refractivity (Wildman–Crippen MR) is 91.2 cm³/mol. The summed E-state index contributed by atoms with van der Waals surface area (Å²) in [7, 11) is 0. The third-order valence-electron chi connectivity index (χ3n) is 5.38. The van der Waals surface area contributed by atoms with Gasteiger partial charge in [-0.2, -0.15) is 15.8 Å². The maximum Gasteiger partial charge on any atom is 0.203 e. The van der Waals surface area contributed by atoms with Gasteiger partial charge in [-0.3, -0.25) is 9.88 Å². The molecule has 1 fully saturated rings. The Balaban J connectivity index is 2.21. The van der Waals surface area contributed by atoms with E-state index in [2.05, 4.69) is 22.9 Å². The molecule has 0 saturated heterocycles. The standard InChI is InChI=1S/C19H18N6/c1-2-25-8-5-16-15(10-25)17(13-3-6-24-7-4-13)14(9-20)18(23)19(16,11-21)12-22/h3-7,14-15,17,23H,2,8,10H2,1H3. The third kappa shape index (κ3) is 2.41. The smallest absolute Gasteiger partial charge is 0.203 e. The van der Waals surface area contributed by atoms with Crippen LogP contribution in [0.4, 0.5) is 0 Å². The van der Waals surface area contributed by atoms with Gasteiger partial charge >= 0.3 is 0 Å². The van der Waals surface area contributed by atoms with E-state index in [0.29, 0.717) is 18.7 Å². The van der Waals surface area contributed by atoms with Crippen molar-refractivity contribution in [1.29, 1.82) is 21.2 Å². The molecule has 6 nitrogen and oxygen atoms in total. The van der Waals surface area contributed by atoms with Crippen LogP contribution < -0.4 is 0 Å². The van der Waals surface area contributed by atoms with Gasteiger partial charge in [-0.25, -0.2) is 0 Å². The number of pyridine rings is 1. The molecule has 1 aromatic rings. The lowest BCUT2D eigenvalue weighted by molar-refractivity contribution is 0.218. The Morgan fingerprint density at radius 3 is 2.52 bits per heavy atom. The number of aromatic nitrogens is 1. The van der Waals surface area contributed by atoms with E-state index in [1.165, 1.54) is 0 Å². The van der Waals surface area contributed by atoms with E-state index < -0.39 is 11.3 Å². The molecule has 1 aliphatic heterocycles. The van der Waals surface area contributed by atoms with Crippen LogP contribution in [0.3, 0.4) is 0 Å². The van der Waals surface area contributed by atoms with Crippen LogP contribution in [0.2, 0.25) is 0 Å². The van der Waals surface area contributed by atoms with E-state index in [1.54, 1.807) is 12.4 Å². The van der Waals surface area contributed by atoms with Crippen LogP contribution in [0.15, 0.2) is 36.2 Å². The van der Waals surface area contributed by atoms with Gasteiger partial charge in [0, 0.05) is 37.3 Å². The highest BCUT2D eigenvalue weighted by Crippen LogP contribution is 2.52. The molecule has 3 rings (SSSR count). The topological polar surface area (TPSA) is 111 Å². The van der Waals surface area contributed by atoms with Crippen LogP contribution in [0, 0.1) is 56.7 Å². The predicted octanol–water partition coefficient (Wildman–Crippen LogP) is 2.25. The largest absolute Gasteiger partial charge is 0.305 e. The molecule has 0 radical (unpaired) electrons. The second-order valence-corrected chi connectivity index (χ2v) is 6.42. The Hall–Kier alpha value is -3.01. The first-order valence-electron chi connectivity index (χ1n) is 8.26. The summed E-state index contributed by atoms with van der Waals surface area (Å²) >= 11 is 0. The maximum atomic E-state index is 9.77. The minimum atomic E-state index is -1.63. The maximum absolute atomic E-state index is 9.77. The Kier molecular flexibility index (Phi) is 4.36. The Morgan fingerprint density at radius 2 is 1.96 bits per heavy atom. The summed E-state index contributed by atoms with van der Waals surface area (Å²) in [6.07, 6.45) is 5.27. The van der Waals surface area contributed by atoms with E-state index in [0.717, 1.165) is 12.1 Å². The molecular formula is C19H18N6. The van der Waals surface area contributed by atoms with Gasteiger partial charge in [0.25, 0.3) is 0 Å². The zero-order valence-electron chi connectivity index (χ0n) is 14.0.